The fourth-order valence-corrected chi connectivity index (χ4v) is 3.84. The average molecular weight is 460 g/mol. The number of aliphatic hydroxyl groups is 1. The smallest absolute Gasteiger partial charge is 0.295 e. The normalized spacial score (nSPS) is 17.8. The van der Waals surface area contributed by atoms with E-state index < -0.39 is 17.7 Å². The second kappa shape index (κ2) is 10.1. The molecule has 0 spiro atoms. The molecule has 3 rings (SSSR count). The highest BCUT2D eigenvalue weighted by Gasteiger charge is 2.46. The lowest BCUT2D eigenvalue weighted by atomic mass is 9.95. The maximum atomic E-state index is 13.1. The summed E-state index contributed by atoms with van der Waals surface area (Å²) < 4.78 is 16.1. The molecule has 0 bridgehead atoms. The first-order valence-corrected chi connectivity index (χ1v) is 10.5. The van der Waals surface area contributed by atoms with Crippen LogP contribution in [-0.4, -0.2) is 55.2 Å². The lowest BCUT2D eigenvalue weighted by Crippen LogP contribution is -2.32. The molecule has 1 N–H and O–H groups in total. The maximum Gasteiger partial charge on any atom is 0.295 e. The number of methoxy groups -OCH3 is 2. The second-order valence-electron chi connectivity index (χ2n) is 7.57. The molecular formula is C24H26ClNO6. The SMILES string of the molecule is COCCN1C(=O)C(=O)/C(=C(/O)c2cc(OC)ccc2Cl)C1c1cccc(OC(C)C)c1. The van der Waals surface area contributed by atoms with Gasteiger partial charge in [0.05, 0.1) is 36.5 Å². The minimum atomic E-state index is -0.830. The van der Waals surface area contributed by atoms with Gasteiger partial charge in [-0.3, -0.25) is 9.59 Å². The zero-order valence-electron chi connectivity index (χ0n) is 18.4. The van der Waals surface area contributed by atoms with Crippen molar-refractivity contribution in [2.24, 2.45) is 0 Å². The van der Waals surface area contributed by atoms with E-state index in [4.69, 9.17) is 25.8 Å². The molecule has 32 heavy (non-hydrogen) atoms. The molecule has 0 aliphatic carbocycles. The number of hydrogen-bond acceptors (Lipinski definition) is 6. The quantitative estimate of drug-likeness (QED) is 0.361. The van der Waals surface area contributed by atoms with Gasteiger partial charge in [0.15, 0.2) is 0 Å². The van der Waals surface area contributed by atoms with E-state index in [9.17, 15) is 14.7 Å². The summed E-state index contributed by atoms with van der Waals surface area (Å²) in [6.45, 7) is 4.21. The molecule has 2 aromatic rings. The number of ether oxygens (including phenoxy) is 3. The van der Waals surface area contributed by atoms with Crippen LogP contribution in [0.15, 0.2) is 48.0 Å². The highest BCUT2D eigenvalue weighted by atomic mass is 35.5. The molecule has 1 heterocycles. The standard InChI is InChI=1S/C24H26ClNO6/c1-14(2)32-17-7-5-6-15(12-17)21-20(23(28)24(29)26(21)10-11-30-3)22(27)18-13-16(31-4)8-9-19(18)25/h5-9,12-14,21,27H,10-11H2,1-4H3/b22-20+. The van der Waals surface area contributed by atoms with Crippen LogP contribution < -0.4 is 9.47 Å². The predicted octanol–water partition coefficient (Wildman–Crippen LogP) is 4.20. The number of halogens is 1. The Morgan fingerprint density at radius 1 is 1.12 bits per heavy atom. The Balaban J connectivity index is 2.19. The van der Waals surface area contributed by atoms with Crippen LogP contribution in [0.3, 0.4) is 0 Å². The van der Waals surface area contributed by atoms with E-state index in [1.54, 1.807) is 36.4 Å². The fraction of sp³-hybridized carbons (Fsp3) is 0.333. The number of likely N-dealkylation sites (tertiary alicyclic amines) is 1. The van der Waals surface area contributed by atoms with E-state index in [2.05, 4.69) is 0 Å². The number of nitrogens with zero attached hydrogens (tertiary/aromatic N) is 1. The summed E-state index contributed by atoms with van der Waals surface area (Å²) in [5.74, 6) is -0.837. The molecule has 170 valence electrons. The van der Waals surface area contributed by atoms with Crippen molar-refractivity contribution in [2.45, 2.75) is 26.0 Å². The lowest BCUT2D eigenvalue weighted by Gasteiger charge is -2.25. The van der Waals surface area contributed by atoms with Crippen LogP contribution in [-0.2, 0) is 14.3 Å². The summed E-state index contributed by atoms with van der Waals surface area (Å²) in [5, 5.41) is 11.4. The van der Waals surface area contributed by atoms with E-state index in [1.165, 1.54) is 25.2 Å². The summed E-state index contributed by atoms with van der Waals surface area (Å²) in [5.41, 5.74) is 0.775. The van der Waals surface area contributed by atoms with Crippen molar-refractivity contribution in [1.82, 2.24) is 4.90 Å². The van der Waals surface area contributed by atoms with Gasteiger partial charge in [-0.1, -0.05) is 23.7 Å². The first kappa shape index (κ1) is 23.6. The Kier molecular flexibility index (Phi) is 7.43. The van der Waals surface area contributed by atoms with Crippen LogP contribution >= 0.6 is 11.6 Å². The van der Waals surface area contributed by atoms with E-state index >= 15 is 0 Å². The Morgan fingerprint density at radius 3 is 2.53 bits per heavy atom. The number of carbonyl (C=O) groups excluding carboxylic acids is 2. The zero-order valence-corrected chi connectivity index (χ0v) is 19.2. The molecule has 1 unspecified atom stereocenters. The Hall–Kier alpha value is -3.03. The summed E-state index contributed by atoms with van der Waals surface area (Å²) in [4.78, 5) is 27.3. The monoisotopic (exact) mass is 459 g/mol. The highest BCUT2D eigenvalue weighted by Crippen LogP contribution is 2.41. The van der Waals surface area contributed by atoms with Gasteiger partial charge in [-0.15, -0.1) is 0 Å². The first-order valence-electron chi connectivity index (χ1n) is 10.2. The van der Waals surface area contributed by atoms with Gasteiger partial charge in [-0.25, -0.2) is 0 Å². The summed E-state index contributed by atoms with van der Waals surface area (Å²) >= 11 is 6.31. The minimum Gasteiger partial charge on any atom is -0.507 e. The maximum absolute atomic E-state index is 13.1. The molecule has 1 saturated heterocycles. The molecule has 0 radical (unpaired) electrons. The summed E-state index contributed by atoms with van der Waals surface area (Å²) in [6.07, 6.45) is -0.0549. The van der Waals surface area contributed by atoms with Gasteiger partial charge in [0.25, 0.3) is 11.7 Å². The van der Waals surface area contributed by atoms with Crippen LogP contribution in [0.2, 0.25) is 5.02 Å². The van der Waals surface area contributed by atoms with Crippen LogP contribution in [0.25, 0.3) is 5.76 Å². The van der Waals surface area contributed by atoms with Gasteiger partial charge in [0.1, 0.15) is 17.3 Å². The second-order valence-corrected chi connectivity index (χ2v) is 7.98. The van der Waals surface area contributed by atoms with Crippen molar-refractivity contribution in [1.29, 1.82) is 0 Å². The predicted molar refractivity (Wildman–Crippen MR) is 121 cm³/mol. The van der Waals surface area contributed by atoms with Gasteiger partial charge in [-0.2, -0.15) is 0 Å². The van der Waals surface area contributed by atoms with E-state index in [0.29, 0.717) is 17.1 Å². The van der Waals surface area contributed by atoms with Crippen LogP contribution in [0, 0.1) is 0 Å². The number of benzene rings is 2. The molecule has 7 nitrogen and oxygen atoms in total. The first-order chi connectivity index (χ1) is 15.3. The van der Waals surface area contributed by atoms with Crippen LogP contribution in [0.4, 0.5) is 0 Å². The van der Waals surface area contributed by atoms with Crippen LogP contribution in [0.5, 0.6) is 11.5 Å². The Bertz CT molecular complexity index is 1050. The van der Waals surface area contributed by atoms with Crippen molar-refractivity contribution in [2.75, 3.05) is 27.4 Å². The molecule has 1 aliphatic rings. The number of amides is 1. The Morgan fingerprint density at radius 2 is 1.88 bits per heavy atom. The summed E-state index contributed by atoms with van der Waals surface area (Å²) in [7, 11) is 3.00. The number of Topliss-reactive ketones (excluding diaryl/α,β-unsaturated/α-hetero) is 1. The third-order valence-electron chi connectivity index (χ3n) is 5.05. The van der Waals surface area contributed by atoms with E-state index in [0.717, 1.165) is 0 Å². The van der Waals surface area contributed by atoms with Crippen molar-refractivity contribution < 1.29 is 28.9 Å². The lowest BCUT2D eigenvalue weighted by molar-refractivity contribution is -0.140. The van der Waals surface area contributed by atoms with Crippen molar-refractivity contribution >= 4 is 29.1 Å². The van der Waals surface area contributed by atoms with Gasteiger partial charge in [-0.05, 0) is 49.7 Å². The Labute approximate surface area is 192 Å². The minimum absolute atomic E-state index is 0.0528. The van der Waals surface area contributed by atoms with Crippen LogP contribution in [0.1, 0.15) is 31.0 Å². The summed E-state index contributed by atoms with van der Waals surface area (Å²) in [6, 6.07) is 11.0. The average Bonchev–Trinajstić information content (AvgIpc) is 3.02. The number of hydrogen-bond donors (Lipinski definition) is 1. The molecular weight excluding hydrogens is 434 g/mol. The number of carbonyl (C=O) groups is 2. The van der Waals surface area contributed by atoms with Crippen molar-refractivity contribution in [3.8, 4) is 11.5 Å². The molecule has 1 amide bonds. The molecule has 0 saturated carbocycles. The number of aliphatic hydroxyl groups excluding tert-OH is 1. The molecule has 1 atom stereocenters. The largest absolute Gasteiger partial charge is 0.507 e. The van der Waals surface area contributed by atoms with Gasteiger partial charge in [0, 0.05) is 19.2 Å². The third kappa shape index (κ3) is 4.74. The molecule has 1 aliphatic heterocycles. The molecule has 1 fully saturated rings. The zero-order chi connectivity index (χ0) is 23.4. The van der Waals surface area contributed by atoms with E-state index in [-0.39, 0.29) is 41.2 Å². The highest BCUT2D eigenvalue weighted by molar-refractivity contribution is 6.47. The topological polar surface area (TPSA) is 85.3 Å². The van der Waals surface area contributed by atoms with Gasteiger partial charge < -0.3 is 24.2 Å². The van der Waals surface area contributed by atoms with Gasteiger partial charge >= 0.3 is 0 Å². The van der Waals surface area contributed by atoms with E-state index in [1.807, 2.05) is 13.8 Å². The van der Waals surface area contributed by atoms with Crippen molar-refractivity contribution in [3.63, 3.8) is 0 Å². The van der Waals surface area contributed by atoms with Gasteiger partial charge in [0.2, 0.25) is 0 Å². The number of ketones is 1. The molecule has 0 aromatic heterocycles. The third-order valence-corrected chi connectivity index (χ3v) is 5.38. The van der Waals surface area contributed by atoms with Crippen molar-refractivity contribution in [3.05, 3.63) is 64.2 Å². The molecule has 8 heteroatoms. The fourth-order valence-electron chi connectivity index (χ4n) is 3.63. The molecule has 2 aromatic carbocycles. The number of rotatable bonds is 8.